The maximum absolute atomic E-state index is 13.3. The third-order valence-electron chi connectivity index (χ3n) is 6.79. The molecule has 1 saturated carbocycles. The number of carbonyl (C=O) groups is 1. The van der Waals surface area contributed by atoms with E-state index in [0.717, 1.165) is 38.2 Å². The van der Waals surface area contributed by atoms with Gasteiger partial charge in [-0.2, -0.15) is 9.57 Å². The van der Waals surface area contributed by atoms with Crippen LogP contribution in [0.15, 0.2) is 53.4 Å². The van der Waals surface area contributed by atoms with E-state index in [1.165, 1.54) is 6.92 Å². The summed E-state index contributed by atoms with van der Waals surface area (Å²) in [5, 5.41) is 11.6. The van der Waals surface area contributed by atoms with Crippen LogP contribution < -0.4 is 10.1 Å². The number of piperidine rings is 1. The molecule has 2 aliphatic rings. The first-order valence-electron chi connectivity index (χ1n) is 11.5. The first-order valence-corrected chi connectivity index (χ1v) is 12.9. The first kappa shape index (κ1) is 24.2. The van der Waals surface area contributed by atoms with Crippen molar-refractivity contribution < 1.29 is 17.9 Å². The van der Waals surface area contributed by atoms with Gasteiger partial charge in [0.25, 0.3) is 0 Å². The van der Waals surface area contributed by atoms with Gasteiger partial charge in [0.2, 0.25) is 15.9 Å². The topological polar surface area (TPSA) is 103 Å². The summed E-state index contributed by atoms with van der Waals surface area (Å²) in [6.45, 7) is 4.43. The van der Waals surface area contributed by atoms with Crippen LogP contribution in [0.3, 0.4) is 0 Å². The largest absolute Gasteiger partial charge is 0.492 e. The molecule has 0 aromatic heterocycles. The van der Waals surface area contributed by atoms with Gasteiger partial charge >= 0.3 is 0 Å². The van der Waals surface area contributed by atoms with Crippen LogP contribution in [-0.2, 0) is 14.8 Å². The molecule has 9 heteroatoms. The molecule has 4 rings (SSSR count). The van der Waals surface area contributed by atoms with Gasteiger partial charge in [-0.15, -0.1) is 0 Å². The highest BCUT2D eigenvalue weighted by Gasteiger charge is 2.46. The molecule has 8 nitrogen and oxygen atoms in total. The van der Waals surface area contributed by atoms with Gasteiger partial charge < -0.3 is 10.1 Å². The van der Waals surface area contributed by atoms with Crippen molar-refractivity contribution in [2.45, 2.75) is 30.7 Å². The molecule has 2 atom stereocenters. The number of anilines is 1. The molecule has 2 fully saturated rings. The van der Waals surface area contributed by atoms with Crippen molar-refractivity contribution in [1.29, 1.82) is 5.26 Å². The van der Waals surface area contributed by atoms with Crippen LogP contribution in [0.25, 0.3) is 0 Å². The molecule has 1 heterocycles. The van der Waals surface area contributed by atoms with Crippen molar-refractivity contribution in [2.24, 2.45) is 11.8 Å². The molecule has 1 aliphatic heterocycles. The lowest BCUT2D eigenvalue weighted by molar-refractivity contribution is -0.114. The van der Waals surface area contributed by atoms with Gasteiger partial charge in [-0.3, -0.25) is 9.69 Å². The number of amides is 1. The average Bonchev–Trinajstić information content (AvgIpc) is 3.08. The monoisotopic (exact) mass is 482 g/mol. The van der Waals surface area contributed by atoms with E-state index in [4.69, 9.17) is 10.00 Å². The highest BCUT2D eigenvalue weighted by atomic mass is 32.2. The Bertz CT molecular complexity index is 1140. The van der Waals surface area contributed by atoms with Crippen LogP contribution in [0.1, 0.15) is 25.3 Å². The molecule has 1 amide bonds. The maximum atomic E-state index is 13.3. The Hall–Kier alpha value is -2.93. The van der Waals surface area contributed by atoms with E-state index in [0.29, 0.717) is 17.9 Å². The summed E-state index contributed by atoms with van der Waals surface area (Å²) in [6, 6.07) is 15.5. The van der Waals surface area contributed by atoms with Crippen molar-refractivity contribution in [3.05, 3.63) is 54.1 Å². The number of nitrogens with zero attached hydrogens (tertiary/aromatic N) is 3. The summed E-state index contributed by atoms with van der Waals surface area (Å²) in [6.07, 6.45) is 2.04. The summed E-state index contributed by atoms with van der Waals surface area (Å²) in [7, 11) is -1.94. The van der Waals surface area contributed by atoms with Gasteiger partial charge in [-0.25, -0.2) is 8.42 Å². The molecule has 180 valence electrons. The summed E-state index contributed by atoms with van der Waals surface area (Å²) < 4.78 is 34.0. The predicted molar refractivity (Wildman–Crippen MR) is 129 cm³/mol. The Morgan fingerprint density at radius 3 is 2.29 bits per heavy atom. The van der Waals surface area contributed by atoms with Gasteiger partial charge in [-0.05, 0) is 73.2 Å². The van der Waals surface area contributed by atoms with Crippen LogP contribution in [0.4, 0.5) is 5.69 Å². The van der Waals surface area contributed by atoms with Gasteiger partial charge in [0.15, 0.2) is 0 Å². The fourth-order valence-electron chi connectivity index (χ4n) is 5.23. The second kappa shape index (κ2) is 10.1. The highest BCUT2D eigenvalue weighted by Crippen LogP contribution is 2.41. The third-order valence-corrected chi connectivity index (χ3v) is 8.66. The van der Waals surface area contributed by atoms with Crippen LogP contribution in [0, 0.1) is 23.2 Å². The van der Waals surface area contributed by atoms with Crippen LogP contribution in [-0.4, -0.2) is 62.9 Å². The third kappa shape index (κ3) is 5.25. The lowest BCUT2D eigenvalue weighted by Crippen LogP contribution is -2.53. The average molecular weight is 483 g/mol. The molecular weight excluding hydrogens is 452 g/mol. The second-order valence-electron chi connectivity index (χ2n) is 9.06. The molecule has 2 aromatic rings. The number of nitrogens with one attached hydrogen (secondary N) is 1. The molecule has 2 unspecified atom stereocenters. The number of hydrogen-bond acceptors (Lipinski definition) is 6. The number of carbonyl (C=O) groups excluding carboxylic acids is 1. The van der Waals surface area contributed by atoms with Gasteiger partial charge in [0, 0.05) is 45.3 Å². The van der Waals surface area contributed by atoms with E-state index < -0.39 is 10.0 Å². The number of likely N-dealkylation sites (tertiary alicyclic amines) is 1. The van der Waals surface area contributed by atoms with Crippen molar-refractivity contribution in [3.63, 3.8) is 0 Å². The molecule has 0 spiro atoms. The van der Waals surface area contributed by atoms with Crippen molar-refractivity contribution in [2.75, 3.05) is 38.6 Å². The molecule has 1 aliphatic carbocycles. The smallest absolute Gasteiger partial charge is 0.243 e. The molecule has 0 radical (unpaired) electrons. The number of benzene rings is 2. The molecule has 2 aromatic carbocycles. The second-order valence-corrected chi connectivity index (χ2v) is 11.1. The molecule has 1 N–H and O–H groups in total. The Balaban J connectivity index is 1.35. The van der Waals surface area contributed by atoms with Crippen molar-refractivity contribution in [3.8, 4) is 11.8 Å². The lowest BCUT2D eigenvalue weighted by Gasteiger charge is -2.41. The number of ether oxygens (including phenoxy) is 1. The zero-order chi connectivity index (χ0) is 24.3. The quantitative estimate of drug-likeness (QED) is 0.621. The Kier molecular flexibility index (Phi) is 7.22. The van der Waals surface area contributed by atoms with E-state index in [2.05, 4.69) is 16.3 Å². The van der Waals surface area contributed by atoms with Gasteiger partial charge in [0.1, 0.15) is 12.4 Å². The Morgan fingerprint density at radius 1 is 1.12 bits per heavy atom. The Morgan fingerprint density at radius 2 is 1.74 bits per heavy atom. The van der Waals surface area contributed by atoms with E-state index in [-0.39, 0.29) is 28.7 Å². The van der Waals surface area contributed by atoms with E-state index in [1.54, 1.807) is 59.9 Å². The first-order chi connectivity index (χ1) is 16.3. The number of nitriles is 1. The molecular formula is C25H30N4O4S. The summed E-state index contributed by atoms with van der Waals surface area (Å²) in [4.78, 5) is 13.8. The number of sulfonamides is 1. The van der Waals surface area contributed by atoms with E-state index >= 15 is 0 Å². The minimum absolute atomic E-state index is 0.0179. The zero-order valence-corrected chi connectivity index (χ0v) is 20.3. The standard InChI is InChI=1S/C25H30N4O4S/c1-18(30)27-22-7-11-24(12-8-22)34(31,32)28(2)25-20-5-6-21(25)17-29(16-20)13-14-33-23-9-3-19(15-26)4-10-23/h3-4,7-12,20-21,25H,5-6,13-14,16-17H2,1-2H3,(H,27,30). The molecule has 2 bridgehead atoms. The molecule has 1 saturated heterocycles. The predicted octanol–water partition coefficient (Wildman–Crippen LogP) is 2.93. The Labute approximate surface area is 201 Å². The fourth-order valence-corrected chi connectivity index (χ4v) is 6.70. The normalized spacial score (nSPS) is 22.4. The maximum Gasteiger partial charge on any atom is 0.243 e. The number of fused-ring (bicyclic) bond motifs is 2. The number of hydrogen-bond donors (Lipinski definition) is 1. The van der Waals surface area contributed by atoms with Gasteiger partial charge in [0.05, 0.1) is 16.5 Å². The van der Waals surface area contributed by atoms with Crippen molar-refractivity contribution >= 4 is 21.6 Å². The van der Waals surface area contributed by atoms with Crippen LogP contribution in [0.2, 0.25) is 0 Å². The molecule has 34 heavy (non-hydrogen) atoms. The zero-order valence-electron chi connectivity index (χ0n) is 19.5. The summed E-state index contributed by atoms with van der Waals surface area (Å²) in [5.41, 5.74) is 1.18. The fraction of sp³-hybridized carbons (Fsp3) is 0.440. The van der Waals surface area contributed by atoms with Crippen LogP contribution in [0.5, 0.6) is 5.75 Å². The van der Waals surface area contributed by atoms with Crippen LogP contribution >= 0.6 is 0 Å². The highest BCUT2D eigenvalue weighted by molar-refractivity contribution is 7.89. The van der Waals surface area contributed by atoms with Gasteiger partial charge in [-0.1, -0.05) is 0 Å². The van der Waals surface area contributed by atoms with E-state index in [1.807, 2.05) is 0 Å². The minimum atomic E-state index is -3.63. The summed E-state index contributed by atoms with van der Waals surface area (Å²) in [5.74, 6) is 1.12. The number of rotatable bonds is 8. The summed E-state index contributed by atoms with van der Waals surface area (Å²) >= 11 is 0. The SMILES string of the molecule is CC(=O)Nc1ccc(S(=O)(=O)N(C)C2C3CCC2CN(CCOc2ccc(C#N)cc2)C3)cc1. The van der Waals surface area contributed by atoms with Crippen molar-refractivity contribution in [1.82, 2.24) is 9.21 Å². The van der Waals surface area contributed by atoms with E-state index in [9.17, 15) is 13.2 Å². The minimum Gasteiger partial charge on any atom is -0.492 e. The lowest BCUT2D eigenvalue weighted by atomic mass is 9.92.